The second-order valence-corrected chi connectivity index (χ2v) is 7.02. The van der Waals surface area contributed by atoms with Gasteiger partial charge in [-0.15, -0.1) is 0 Å². The zero-order valence-electron chi connectivity index (χ0n) is 15.4. The van der Waals surface area contributed by atoms with Crippen molar-refractivity contribution < 1.29 is 23.8 Å². The van der Waals surface area contributed by atoms with Gasteiger partial charge in [-0.2, -0.15) is 0 Å². The summed E-state index contributed by atoms with van der Waals surface area (Å²) in [6, 6.07) is 3.50. The molecule has 1 aromatic rings. The number of fused-ring (bicyclic) bond motifs is 2. The van der Waals surface area contributed by atoms with Crippen LogP contribution in [0.2, 0.25) is 5.02 Å². The van der Waals surface area contributed by atoms with Crippen molar-refractivity contribution in [2.45, 2.75) is 38.4 Å². The van der Waals surface area contributed by atoms with Gasteiger partial charge >= 0.3 is 11.9 Å². The molecule has 1 saturated heterocycles. The van der Waals surface area contributed by atoms with E-state index in [4.69, 9.17) is 25.8 Å². The van der Waals surface area contributed by atoms with Gasteiger partial charge in [0.25, 0.3) is 5.79 Å². The summed E-state index contributed by atoms with van der Waals surface area (Å²) in [6.45, 7) is 4.77. The van der Waals surface area contributed by atoms with Gasteiger partial charge in [0, 0.05) is 18.7 Å². The maximum Gasteiger partial charge on any atom is 0.309 e. The van der Waals surface area contributed by atoms with Gasteiger partial charge < -0.3 is 24.8 Å². The summed E-state index contributed by atoms with van der Waals surface area (Å²) in [5.41, 5.74) is 2.29. The highest BCUT2D eigenvalue weighted by molar-refractivity contribution is 6.33. The Hall–Kier alpha value is -1.83. The number of rotatable bonds is 6. The molecular weight excluding hydrogens is 372 g/mol. The van der Waals surface area contributed by atoms with Gasteiger partial charge in [-0.1, -0.05) is 18.5 Å². The van der Waals surface area contributed by atoms with E-state index < -0.39 is 17.7 Å². The fourth-order valence-corrected chi connectivity index (χ4v) is 3.60. The largest absolute Gasteiger partial charge is 0.416 e. The van der Waals surface area contributed by atoms with E-state index in [0.717, 1.165) is 17.7 Å². The van der Waals surface area contributed by atoms with Crippen LogP contribution >= 0.6 is 11.6 Å². The van der Waals surface area contributed by atoms with E-state index in [1.165, 1.54) is 0 Å². The number of esters is 2. The molecular formula is C19H25ClN2O5. The zero-order chi connectivity index (χ0) is 19.3. The van der Waals surface area contributed by atoms with Crippen molar-refractivity contribution in [3.63, 3.8) is 0 Å². The monoisotopic (exact) mass is 396 g/mol. The SMILES string of the molecule is CCCOCCNc1c(Cl)ccc2c1CCNCC21OC(=O)CCC(=O)O1. The maximum atomic E-state index is 12.1. The minimum absolute atomic E-state index is 0.0172. The smallest absolute Gasteiger partial charge is 0.309 e. The van der Waals surface area contributed by atoms with Crippen LogP contribution in [0.25, 0.3) is 0 Å². The number of nitrogens with one attached hydrogen (secondary N) is 2. The molecule has 2 aliphatic rings. The molecule has 0 radical (unpaired) electrons. The van der Waals surface area contributed by atoms with E-state index in [9.17, 15) is 9.59 Å². The van der Waals surface area contributed by atoms with Crippen LogP contribution in [0.4, 0.5) is 5.69 Å². The first-order chi connectivity index (χ1) is 13.1. The average molecular weight is 397 g/mol. The molecule has 0 aromatic heterocycles. The van der Waals surface area contributed by atoms with E-state index in [1.54, 1.807) is 12.1 Å². The molecule has 1 spiro atoms. The Bertz CT molecular complexity index is 692. The van der Waals surface area contributed by atoms with E-state index >= 15 is 0 Å². The van der Waals surface area contributed by atoms with Crippen molar-refractivity contribution in [3.8, 4) is 0 Å². The molecule has 2 N–H and O–H groups in total. The summed E-state index contributed by atoms with van der Waals surface area (Å²) < 4.78 is 16.8. The Morgan fingerprint density at radius 1 is 1.19 bits per heavy atom. The van der Waals surface area contributed by atoms with Gasteiger partial charge in [0.2, 0.25) is 0 Å². The number of benzene rings is 1. The van der Waals surface area contributed by atoms with Crippen LogP contribution in [-0.2, 0) is 36.0 Å². The molecule has 27 heavy (non-hydrogen) atoms. The fourth-order valence-electron chi connectivity index (χ4n) is 3.36. The Kier molecular flexibility index (Phi) is 6.57. The minimum Gasteiger partial charge on any atom is -0.416 e. The lowest BCUT2D eigenvalue weighted by Crippen LogP contribution is -2.43. The number of hydrogen-bond acceptors (Lipinski definition) is 7. The molecule has 2 heterocycles. The van der Waals surface area contributed by atoms with E-state index in [0.29, 0.717) is 43.3 Å². The van der Waals surface area contributed by atoms with Crippen molar-refractivity contribution >= 4 is 29.2 Å². The summed E-state index contributed by atoms with van der Waals surface area (Å²) >= 11 is 6.43. The van der Waals surface area contributed by atoms with Crippen LogP contribution in [0.15, 0.2) is 12.1 Å². The van der Waals surface area contributed by atoms with E-state index in [2.05, 4.69) is 17.6 Å². The van der Waals surface area contributed by atoms with E-state index in [1.807, 2.05) is 0 Å². The second kappa shape index (κ2) is 8.91. The lowest BCUT2D eigenvalue weighted by Gasteiger charge is -2.32. The lowest BCUT2D eigenvalue weighted by atomic mass is 9.96. The highest BCUT2D eigenvalue weighted by Crippen LogP contribution is 2.40. The molecule has 3 rings (SSSR count). The van der Waals surface area contributed by atoms with Crippen LogP contribution in [0.1, 0.15) is 37.3 Å². The normalized spacial score (nSPS) is 18.9. The summed E-state index contributed by atoms with van der Waals surface area (Å²) in [7, 11) is 0. The number of anilines is 1. The first-order valence-corrected chi connectivity index (χ1v) is 9.71. The number of ether oxygens (including phenoxy) is 3. The van der Waals surface area contributed by atoms with Gasteiger partial charge in [-0.3, -0.25) is 9.59 Å². The topological polar surface area (TPSA) is 85.9 Å². The van der Waals surface area contributed by atoms with Gasteiger partial charge in [0.05, 0.1) is 36.7 Å². The molecule has 1 aromatic carbocycles. The Labute approximate surface area is 163 Å². The predicted octanol–water partition coefficient (Wildman–Crippen LogP) is 2.36. The Balaban J connectivity index is 1.93. The predicted molar refractivity (Wildman–Crippen MR) is 101 cm³/mol. The maximum absolute atomic E-state index is 12.1. The Morgan fingerprint density at radius 2 is 1.93 bits per heavy atom. The van der Waals surface area contributed by atoms with Crippen LogP contribution in [0.5, 0.6) is 0 Å². The summed E-state index contributed by atoms with van der Waals surface area (Å²) in [4.78, 5) is 24.2. The third-order valence-corrected chi connectivity index (χ3v) is 4.88. The molecule has 0 atom stereocenters. The molecule has 8 heteroatoms. The van der Waals surface area contributed by atoms with Gasteiger partial charge in [-0.05, 0) is 37.1 Å². The molecule has 0 unspecified atom stereocenters. The fraction of sp³-hybridized carbons (Fsp3) is 0.579. The van der Waals surface area contributed by atoms with Crippen LogP contribution in [0, 0.1) is 0 Å². The Morgan fingerprint density at radius 3 is 2.63 bits per heavy atom. The molecule has 7 nitrogen and oxygen atoms in total. The number of carbonyl (C=O) groups is 2. The molecule has 0 bridgehead atoms. The molecule has 0 aliphatic carbocycles. The average Bonchev–Trinajstić information content (AvgIpc) is 2.90. The molecule has 148 valence electrons. The number of carbonyl (C=O) groups excluding carboxylic acids is 2. The third kappa shape index (κ3) is 4.54. The zero-order valence-corrected chi connectivity index (χ0v) is 16.2. The highest BCUT2D eigenvalue weighted by Gasteiger charge is 2.45. The first-order valence-electron chi connectivity index (χ1n) is 9.33. The van der Waals surface area contributed by atoms with Crippen molar-refractivity contribution in [1.29, 1.82) is 0 Å². The standard InChI is InChI=1S/C19H25ClN2O5/c1-2-10-25-11-9-22-18-13-7-8-21-12-19(14(13)3-4-15(18)20)26-16(23)5-6-17(24)27-19/h3-4,21-22H,2,5-12H2,1H3. The second-order valence-electron chi connectivity index (χ2n) is 6.62. The van der Waals surface area contributed by atoms with Crippen LogP contribution in [-0.4, -0.2) is 44.8 Å². The molecule has 2 aliphatic heterocycles. The van der Waals surface area contributed by atoms with Crippen molar-refractivity contribution in [3.05, 3.63) is 28.3 Å². The first kappa shape index (κ1) is 19.9. The van der Waals surface area contributed by atoms with Crippen molar-refractivity contribution in [1.82, 2.24) is 5.32 Å². The van der Waals surface area contributed by atoms with Gasteiger partial charge in [0.1, 0.15) is 0 Å². The van der Waals surface area contributed by atoms with E-state index in [-0.39, 0.29) is 19.4 Å². The van der Waals surface area contributed by atoms with Crippen LogP contribution in [0.3, 0.4) is 0 Å². The summed E-state index contributed by atoms with van der Waals surface area (Å²) in [6.07, 6.45) is 1.66. The number of hydrogen-bond donors (Lipinski definition) is 2. The summed E-state index contributed by atoms with van der Waals surface area (Å²) in [5.74, 6) is -2.36. The number of halogens is 1. The highest BCUT2D eigenvalue weighted by atomic mass is 35.5. The lowest BCUT2D eigenvalue weighted by molar-refractivity contribution is -0.225. The quantitative estimate of drug-likeness (QED) is 0.563. The van der Waals surface area contributed by atoms with Crippen molar-refractivity contribution in [2.75, 3.05) is 38.2 Å². The third-order valence-electron chi connectivity index (χ3n) is 4.57. The minimum atomic E-state index is -1.46. The molecule has 1 fully saturated rings. The molecule has 0 amide bonds. The van der Waals surface area contributed by atoms with Gasteiger partial charge in [-0.25, -0.2) is 0 Å². The molecule has 0 saturated carbocycles. The summed E-state index contributed by atoms with van der Waals surface area (Å²) in [5, 5.41) is 7.09. The van der Waals surface area contributed by atoms with Crippen LogP contribution < -0.4 is 10.6 Å². The van der Waals surface area contributed by atoms with Crippen molar-refractivity contribution in [2.24, 2.45) is 0 Å². The van der Waals surface area contributed by atoms with Gasteiger partial charge in [0.15, 0.2) is 0 Å².